The maximum atomic E-state index is 12.1. The number of imidazole rings is 1. The van der Waals surface area contributed by atoms with E-state index in [1.807, 2.05) is 43.5 Å². The van der Waals surface area contributed by atoms with Gasteiger partial charge in [-0.15, -0.1) is 12.4 Å². The molecule has 8 nitrogen and oxygen atoms in total. The number of carbonyl (C=O) groups excluding carboxylic acids is 2. The van der Waals surface area contributed by atoms with Crippen LogP contribution in [0.3, 0.4) is 0 Å². The summed E-state index contributed by atoms with van der Waals surface area (Å²) < 4.78 is 1.95. The first-order valence-electron chi connectivity index (χ1n) is 7.80. The van der Waals surface area contributed by atoms with Gasteiger partial charge in [0.05, 0.1) is 12.6 Å². The lowest BCUT2D eigenvalue weighted by atomic mass is 10.1. The van der Waals surface area contributed by atoms with Crippen LogP contribution in [0.25, 0.3) is 0 Å². The monoisotopic (exact) mass is 358 g/mol. The van der Waals surface area contributed by atoms with Crippen LogP contribution in [-0.2, 0) is 11.8 Å². The Balaban J connectivity index is 0.00000288. The lowest BCUT2D eigenvalue weighted by molar-refractivity contribution is -0.122. The van der Waals surface area contributed by atoms with Gasteiger partial charge < -0.3 is 15.2 Å². The average molecular weight is 359 g/mol. The van der Waals surface area contributed by atoms with Gasteiger partial charge >= 0.3 is 6.03 Å². The SMILES string of the molecule is Cl.Cn1ccnc1C1CNCCN1CC(=O)NC(=O)NC(C)(C)C. The van der Waals surface area contributed by atoms with Crippen LogP contribution in [-0.4, -0.2) is 58.1 Å². The standard InChI is InChI=1S/C15H26N6O2.ClH/c1-15(2,3)19-14(23)18-12(22)10-21-8-5-16-9-11(21)13-17-6-7-20(13)4;/h6-7,11,16H,5,8-10H2,1-4H3,(H2,18,19,22,23);1H. The summed E-state index contributed by atoms with van der Waals surface area (Å²) in [5, 5.41) is 8.42. The van der Waals surface area contributed by atoms with Crippen molar-refractivity contribution in [3.05, 3.63) is 18.2 Å². The molecule has 24 heavy (non-hydrogen) atoms. The van der Waals surface area contributed by atoms with E-state index in [9.17, 15) is 9.59 Å². The highest BCUT2D eigenvalue weighted by atomic mass is 35.5. The normalized spacial score (nSPS) is 18.6. The van der Waals surface area contributed by atoms with Crippen LogP contribution in [0.5, 0.6) is 0 Å². The third-order valence-electron chi connectivity index (χ3n) is 3.60. The maximum absolute atomic E-state index is 12.1. The summed E-state index contributed by atoms with van der Waals surface area (Å²) in [6, 6.07) is -0.452. The number of hydrogen-bond acceptors (Lipinski definition) is 5. The van der Waals surface area contributed by atoms with Gasteiger partial charge in [0.2, 0.25) is 5.91 Å². The molecule has 0 saturated carbocycles. The van der Waals surface area contributed by atoms with Gasteiger partial charge in [0.1, 0.15) is 5.82 Å². The number of aryl methyl sites for hydroxylation is 1. The molecular formula is C15H27ClN6O2. The Morgan fingerprint density at radius 1 is 1.42 bits per heavy atom. The third kappa shape index (κ3) is 5.77. The van der Waals surface area contributed by atoms with Crippen molar-refractivity contribution in [2.75, 3.05) is 26.2 Å². The number of urea groups is 1. The molecule has 0 radical (unpaired) electrons. The fourth-order valence-electron chi connectivity index (χ4n) is 2.61. The van der Waals surface area contributed by atoms with E-state index in [4.69, 9.17) is 0 Å². The molecule has 1 aliphatic rings. The average Bonchev–Trinajstić information content (AvgIpc) is 2.83. The predicted octanol–water partition coefficient (Wildman–Crippen LogP) is 0.413. The molecule has 1 aliphatic heterocycles. The number of halogens is 1. The predicted molar refractivity (Wildman–Crippen MR) is 94.1 cm³/mol. The minimum Gasteiger partial charge on any atom is -0.337 e. The number of hydrogen-bond donors (Lipinski definition) is 3. The summed E-state index contributed by atoms with van der Waals surface area (Å²) in [7, 11) is 1.94. The Labute approximate surface area is 148 Å². The van der Waals surface area contributed by atoms with Crippen LogP contribution >= 0.6 is 12.4 Å². The van der Waals surface area contributed by atoms with Gasteiger partial charge in [-0.05, 0) is 20.8 Å². The van der Waals surface area contributed by atoms with Gasteiger partial charge in [0.25, 0.3) is 0 Å². The van der Waals surface area contributed by atoms with Gasteiger partial charge in [0.15, 0.2) is 0 Å². The topological polar surface area (TPSA) is 91.3 Å². The molecule has 1 fully saturated rings. The van der Waals surface area contributed by atoms with E-state index in [2.05, 4.69) is 20.9 Å². The Morgan fingerprint density at radius 3 is 2.71 bits per heavy atom. The second-order valence-corrected chi connectivity index (χ2v) is 6.84. The number of carbonyl (C=O) groups is 2. The fourth-order valence-corrected chi connectivity index (χ4v) is 2.61. The Morgan fingerprint density at radius 2 is 2.12 bits per heavy atom. The smallest absolute Gasteiger partial charge is 0.321 e. The maximum Gasteiger partial charge on any atom is 0.321 e. The minimum absolute atomic E-state index is 0. The molecule has 1 saturated heterocycles. The Kier molecular flexibility index (Phi) is 7.19. The second-order valence-electron chi connectivity index (χ2n) is 6.84. The zero-order valence-electron chi connectivity index (χ0n) is 14.6. The number of imide groups is 1. The molecule has 1 aromatic rings. The van der Waals surface area contributed by atoms with E-state index in [1.54, 1.807) is 6.20 Å². The molecule has 0 aliphatic carbocycles. The quantitative estimate of drug-likeness (QED) is 0.728. The molecular weight excluding hydrogens is 332 g/mol. The largest absolute Gasteiger partial charge is 0.337 e. The van der Waals surface area contributed by atoms with Crippen molar-refractivity contribution in [3.63, 3.8) is 0 Å². The summed E-state index contributed by atoms with van der Waals surface area (Å²) in [6.45, 7) is 8.02. The number of amides is 3. The summed E-state index contributed by atoms with van der Waals surface area (Å²) in [6.07, 6.45) is 3.64. The summed E-state index contributed by atoms with van der Waals surface area (Å²) in [5.41, 5.74) is -0.380. The summed E-state index contributed by atoms with van der Waals surface area (Å²) in [4.78, 5) is 30.3. The number of piperazine rings is 1. The van der Waals surface area contributed by atoms with E-state index >= 15 is 0 Å². The molecule has 136 valence electrons. The molecule has 9 heteroatoms. The molecule has 3 amide bonds. The Hall–Kier alpha value is -1.64. The van der Waals surface area contributed by atoms with E-state index in [0.717, 1.165) is 25.5 Å². The van der Waals surface area contributed by atoms with Crippen molar-refractivity contribution in [2.24, 2.45) is 7.05 Å². The fraction of sp³-hybridized carbons (Fsp3) is 0.667. The number of nitrogens with one attached hydrogen (secondary N) is 3. The highest BCUT2D eigenvalue weighted by molar-refractivity contribution is 5.95. The van der Waals surface area contributed by atoms with Crippen LogP contribution in [0, 0.1) is 0 Å². The highest BCUT2D eigenvalue weighted by Gasteiger charge is 2.28. The number of aromatic nitrogens is 2. The molecule has 1 atom stereocenters. The lowest BCUT2D eigenvalue weighted by Crippen LogP contribution is -2.53. The molecule has 0 bridgehead atoms. The highest BCUT2D eigenvalue weighted by Crippen LogP contribution is 2.19. The van der Waals surface area contributed by atoms with Gasteiger partial charge in [-0.3, -0.25) is 15.0 Å². The minimum atomic E-state index is -0.467. The molecule has 3 N–H and O–H groups in total. The summed E-state index contributed by atoms with van der Waals surface area (Å²) in [5.74, 6) is 0.594. The van der Waals surface area contributed by atoms with Gasteiger partial charge in [-0.25, -0.2) is 9.78 Å². The Bertz CT molecular complexity index is 569. The lowest BCUT2D eigenvalue weighted by Gasteiger charge is -2.35. The molecule has 1 unspecified atom stereocenters. The van der Waals surface area contributed by atoms with Crippen molar-refractivity contribution in [2.45, 2.75) is 32.4 Å². The second kappa shape index (κ2) is 8.46. The number of rotatable bonds is 3. The van der Waals surface area contributed by atoms with Crippen molar-refractivity contribution in [1.29, 1.82) is 0 Å². The molecule has 0 aromatic carbocycles. The van der Waals surface area contributed by atoms with Crippen LogP contribution in [0.15, 0.2) is 12.4 Å². The molecule has 2 rings (SSSR count). The number of nitrogens with zero attached hydrogens (tertiary/aromatic N) is 3. The van der Waals surface area contributed by atoms with E-state index in [0.29, 0.717) is 0 Å². The van der Waals surface area contributed by atoms with Gasteiger partial charge in [-0.1, -0.05) is 0 Å². The van der Waals surface area contributed by atoms with Crippen molar-refractivity contribution >= 4 is 24.3 Å². The third-order valence-corrected chi connectivity index (χ3v) is 3.60. The van der Waals surface area contributed by atoms with E-state index < -0.39 is 6.03 Å². The van der Waals surface area contributed by atoms with Gasteiger partial charge in [-0.2, -0.15) is 0 Å². The van der Waals surface area contributed by atoms with Crippen molar-refractivity contribution < 1.29 is 9.59 Å². The van der Waals surface area contributed by atoms with Crippen molar-refractivity contribution in [3.8, 4) is 0 Å². The van der Waals surface area contributed by atoms with E-state index in [-0.39, 0.29) is 36.4 Å². The van der Waals surface area contributed by atoms with Crippen molar-refractivity contribution in [1.82, 2.24) is 30.4 Å². The van der Waals surface area contributed by atoms with Crippen LogP contribution < -0.4 is 16.0 Å². The summed E-state index contributed by atoms with van der Waals surface area (Å²) >= 11 is 0. The van der Waals surface area contributed by atoms with Gasteiger partial charge in [0, 0.05) is 44.6 Å². The first-order valence-corrected chi connectivity index (χ1v) is 7.80. The van der Waals surface area contributed by atoms with Crippen LogP contribution in [0.2, 0.25) is 0 Å². The first kappa shape index (κ1) is 20.4. The molecule has 0 spiro atoms. The molecule has 1 aromatic heterocycles. The zero-order valence-corrected chi connectivity index (χ0v) is 15.4. The molecule has 2 heterocycles. The van der Waals surface area contributed by atoms with E-state index in [1.165, 1.54) is 0 Å². The first-order chi connectivity index (χ1) is 10.8. The van der Waals surface area contributed by atoms with Crippen LogP contribution in [0.4, 0.5) is 4.79 Å². The van der Waals surface area contributed by atoms with Crippen LogP contribution in [0.1, 0.15) is 32.6 Å². The zero-order chi connectivity index (χ0) is 17.0.